The van der Waals surface area contributed by atoms with Gasteiger partial charge in [0.1, 0.15) is 5.75 Å². The minimum Gasteiger partial charge on any atom is -0.496 e. The van der Waals surface area contributed by atoms with Crippen molar-refractivity contribution in [1.29, 1.82) is 0 Å². The van der Waals surface area contributed by atoms with E-state index in [4.69, 9.17) is 4.74 Å². The van der Waals surface area contributed by atoms with Crippen molar-refractivity contribution < 1.29 is 9.84 Å². The minimum absolute atomic E-state index is 0.243. The van der Waals surface area contributed by atoms with Gasteiger partial charge in [0.2, 0.25) is 0 Å². The Balaban J connectivity index is 2.33. The SMILES string of the molecule is COc1ccccc1[C@@H]1CC(C)=CC[C@H]1CO. The zero-order chi connectivity index (χ0) is 12.3. The highest BCUT2D eigenvalue weighted by Gasteiger charge is 2.27. The molecule has 1 aliphatic carbocycles. The van der Waals surface area contributed by atoms with E-state index < -0.39 is 0 Å². The van der Waals surface area contributed by atoms with Crippen molar-refractivity contribution in [2.45, 2.75) is 25.7 Å². The molecule has 0 saturated carbocycles. The summed E-state index contributed by atoms with van der Waals surface area (Å²) in [6, 6.07) is 8.14. The zero-order valence-corrected chi connectivity index (χ0v) is 10.5. The topological polar surface area (TPSA) is 29.5 Å². The predicted octanol–water partition coefficient (Wildman–Crippen LogP) is 3.13. The smallest absolute Gasteiger partial charge is 0.122 e. The molecule has 2 heteroatoms. The van der Waals surface area contributed by atoms with Gasteiger partial charge in [0.05, 0.1) is 7.11 Å². The first-order valence-electron chi connectivity index (χ1n) is 6.15. The van der Waals surface area contributed by atoms with Gasteiger partial charge in [0.25, 0.3) is 0 Å². The number of methoxy groups -OCH3 is 1. The minimum atomic E-state index is 0.243. The second-order valence-corrected chi connectivity index (χ2v) is 4.78. The molecule has 1 N–H and O–H groups in total. The summed E-state index contributed by atoms with van der Waals surface area (Å²) in [6.45, 7) is 2.41. The quantitative estimate of drug-likeness (QED) is 0.811. The lowest BCUT2D eigenvalue weighted by Gasteiger charge is -2.30. The average Bonchev–Trinajstić information content (AvgIpc) is 2.38. The Morgan fingerprint density at radius 1 is 1.35 bits per heavy atom. The van der Waals surface area contributed by atoms with Crippen LogP contribution in [0.15, 0.2) is 35.9 Å². The van der Waals surface area contributed by atoms with Crippen molar-refractivity contribution in [3.05, 3.63) is 41.5 Å². The molecule has 0 aromatic heterocycles. The third-order valence-electron chi connectivity index (χ3n) is 3.65. The van der Waals surface area contributed by atoms with E-state index in [0.29, 0.717) is 11.8 Å². The molecule has 1 aromatic carbocycles. The molecule has 0 heterocycles. The van der Waals surface area contributed by atoms with E-state index in [1.807, 2.05) is 18.2 Å². The Kier molecular flexibility index (Phi) is 3.85. The fourth-order valence-corrected chi connectivity index (χ4v) is 2.65. The summed E-state index contributed by atoms with van der Waals surface area (Å²) in [4.78, 5) is 0. The molecule has 0 bridgehead atoms. The Labute approximate surface area is 103 Å². The van der Waals surface area contributed by atoms with Crippen LogP contribution < -0.4 is 4.74 Å². The molecule has 0 spiro atoms. The fraction of sp³-hybridized carbons (Fsp3) is 0.467. The number of hydrogen-bond acceptors (Lipinski definition) is 2. The summed E-state index contributed by atoms with van der Waals surface area (Å²) in [7, 11) is 1.71. The van der Waals surface area contributed by atoms with E-state index in [-0.39, 0.29) is 6.61 Å². The summed E-state index contributed by atoms with van der Waals surface area (Å²) in [5.41, 5.74) is 2.63. The monoisotopic (exact) mass is 232 g/mol. The van der Waals surface area contributed by atoms with Crippen LogP contribution in [0.1, 0.15) is 31.2 Å². The summed E-state index contributed by atoms with van der Waals surface area (Å²) in [5, 5.41) is 9.50. The molecule has 0 saturated heterocycles. The second-order valence-electron chi connectivity index (χ2n) is 4.78. The molecular weight excluding hydrogens is 212 g/mol. The van der Waals surface area contributed by atoms with E-state index in [9.17, 15) is 5.11 Å². The Morgan fingerprint density at radius 2 is 2.12 bits per heavy atom. The van der Waals surface area contributed by atoms with Crippen molar-refractivity contribution in [3.63, 3.8) is 0 Å². The molecule has 0 fully saturated rings. The van der Waals surface area contributed by atoms with Crippen molar-refractivity contribution in [2.75, 3.05) is 13.7 Å². The van der Waals surface area contributed by atoms with Crippen molar-refractivity contribution >= 4 is 0 Å². The van der Waals surface area contributed by atoms with E-state index in [2.05, 4.69) is 19.1 Å². The van der Waals surface area contributed by atoms with Gasteiger partial charge in [-0.25, -0.2) is 0 Å². The normalized spacial score (nSPS) is 24.3. The molecule has 2 rings (SSSR count). The number of para-hydroxylation sites is 1. The third-order valence-corrected chi connectivity index (χ3v) is 3.65. The molecule has 0 amide bonds. The molecule has 2 nitrogen and oxygen atoms in total. The molecule has 0 unspecified atom stereocenters. The maximum atomic E-state index is 9.50. The van der Waals surface area contributed by atoms with Crippen LogP contribution in [-0.2, 0) is 0 Å². The molecule has 0 radical (unpaired) electrons. The zero-order valence-electron chi connectivity index (χ0n) is 10.5. The lowest BCUT2D eigenvalue weighted by Crippen LogP contribution is -2.20. The molecule has 2 atom stereocenters. The molecular formula is C15H20O2. The number of benzene rings is 1. The molecule has 1 aliphatic rings. The van der Waals surface area contributed by atoms with Gasteiger partial charge in [-0.05, 0) is 43.2 Å². The van der Waals surface area contributed by atoms with Gasteiger partial charge in [0, 0.05) is 6.61 Å². The first kappa shape index (κ1) is 12.2. The predicted molar refractivity (Wildman–Crippen MR) is 69.3 cm³/mol. The van der Waals surface area contributed by atoms with Gasteiger partial charge < -0.3 is 9.84 Å². The first-order chi connectivity index (χ1) is 8.26. The Hall–Kier alpha value is -1.28. The van der Waals surface area contributed by atoms with Crippen LogP contribution in [-0.4, -0.2) is 18.8 Å². The van der Waals surface area contributed by atoms with Gasteiger partial charge in [-0.3, -0.25) is 0 Å². The molecule has 0 aliphatic heterocycles. The highest BCUT2D eigenvalue weighted by Crippen LogP contribution is 2.40. The number of allylic oxidation sites excluding steroid dienone is 2. The average molecular weight is 232 g/mol. The molecule has 17 heavy (non-hydrogen) atoms. The van der Waals surface area contributed by atoms with Gasteiger partial charge in [-0.1, -0.05) is 29.8 Å². The van der Waals surface area contributed by atoms with Crippen LogP contribution >= 0.6 is 0 Å². The van der Waals surface area contributed by atoms with Crippen molar-refractivity contribution in [1.82, 2.24) is 0 Å². The standard InChI is InChI=1S/C15H20O2/c1-11-7-8-12(10-16)14(9-11)13-5-3-4-6-15(13)17-2/h3-7,12,14,16H,8-10H2,1-2H3/t12-,14+/m0/s1. The van der Waals surface area contributed by atoms with Crippen LogP contribution in [0.2, 0.25) is 0 Å². The van der Waals surface area contributed by atoms with Gasteiger partial charge in [-0.15, -0.1) is 0 Å². The number of ether oxygens (including phenoxy) is 1. The summed E-state index contributed by atoms with van der Waals surface area (Å²) >= 11 is 0. The van der Waals surface area contributed by atoms with Crippen LogP contribution in [0.5, 0.6) is 5.75 Å². The van der Waals surface area contributed by atoms with Gasteiger partial charge >= 0.3 is 0 Å². The van der Waals surface area contributed by atoms with Gasteiger partial charge in [-0.2, -0.15) is 0 Å². The summed E-state index contributed by atoms with van der Waals surface area (Å²) in [5.74, 6) is 1.63. The third kappa shape index (κ3) is 2.52. The van der Waals surface area contributed by atoms with E-state index in [1.165, 1.54) is 11.1 Å². The van der Waals surface area contributed by atoms with Gasteiger partial charge in [0.15, 0.2) is 0 Å². The first-order valence-corrected chi connectivity index (χ1v) is 6.15. The maximum Gasteiger partial charge on any atom is 0.122 e. The fourth-order valence-electron chi connectivity index (χ4n) is 2.65. The maximum absolute atomic E-state index is 9.50. The van der Waals surface area contributed by atoms with Crippen LogP contribution in [0.25, 0.3) is 0 Å². The largest absolute Gasteiger partial charge is 0.496 e. The lowest BCUT2D eigenvalue weighted by molar-refractivity contribution is 0.197. The Bertz CT molecular complexity index is 409. The highest BCUT2D eigenvalue weighted by molar-refractivity contribution is 5.38. The number of rotatable bonds is 3. The van der Waals surface area contributed by atoms with E-state index in [0.717, 1.165) is 18.6 Å². The summed E-state index contributed by atoms with van der Waals surface area (Å²) in [6.07, 6.45) is 4.23. The number of hydrogen-bond donors (Lipinski definition) is 1. The highest BCUT2D eigenvalue weighted by atomic mass is 16.5. The molecule has 92 valence electrons. The van der Waals surface area contributed by atoms with Crippen LogP contribution in [0.4, 0.5) is 0 Å². The van der Waals surface area contributed by atoms with Crippen LogP contribution in [0.3, 0.4) is 0 Å². The Morgan fingerprint density at radius 3 is 2.82 bits per heavy atom. The molecule has 1 aromatic rings. The van der Waals surface area contributed by atoms with E-state index in [1.54, 1.807) is 7.11 Å². The van der Waals surface area contributed by atoms with Crippen molar-refractivity contribution in [3.8, 4) is 5.75 Å². The summed E-state index contributed by atoms with van der Waals surface area (Å²) < 4.78 is 5.43. The number of aliphatic hydroxyl groups excluding tert-OH is 1. The van der Waals surface area contributed by atoms with Crippen molar-refractivity contribution in [2.24, 2.45) is 5.92 Å². The van der Waals surface area contributed by atoms with E-state index >= 15 is 0 Å². The lowest BCUT2D eigenvalue weighted by atomic mass is 9.76. The van der Waals surface area contributed by atoms with Crippen LogP contribution in [0, 0.1) is 5.92 Å². The number of aliphatic hydroxyl groups is 1. The second kappa shape index (κ2) is 5.37.